The second kappa shape index (κ2) is 8.67. The Morgan fingerprint density at radius 3 is 2.43 bits per heavy atom. The van der Waals surface area contributed by atoms with Gasteiger partial charge in [-0.3, -0.25) is 4.79 Å². The molecule has 1 fully saturated rings. The van der Waals surface area contributed by atoms with Crippen LogP contribution in [0.25, 0.3) is 0 Å². The fraction of sp³-hybridized carbons (Fsp3) is 0.286. The molecule has 2 N–H and O–H groups in total. The SMILES string of the molecule is O=C(C[NH2+][C@H](c1ccccc1)c1ccco1)N1CCN(c2ncccn2)CC1. The van der Waals surface area contributed by atoms with Crippen LogP contribution in [0.1, 0.15) is 17.4 Å². The molecule has 0 saturated carbocycles. The Bertz CT molecular complexity index is 862. The third kappa shape index (κ3) is 4.20. The van der Waals surface area contributed by atoms with E-state index in [0.717, 1.165) is 30.4 Å². The summed E-state index contributed by atoms with van der Waals surface area (Å²) < 4.78 is 5.61. The Labute approximate surface area is 164 Å². The highest BCUT2D eigenvalue weighted by Crippen LogP contribution is 2.18. The first-order valence-corrected chi connectivity index (χ1v) is 9.52. The number of nitrogens with zero attached hydrogens (tertiary/aromatic N) is 4. The average molecular weight is 378 g/mol. The number of amides is 1. The van der Waals surface area contributed by atoms with Crippen molar-refractivity contribution in [3.05, 3.63) is 78.5 Å². The van der Waals surface area contributed by atoms with Crippen LogP contribution in [0, 0.1) is 0 Å². The van der Waals surface area contributed by atoms with Crippen molar-refractivity contribution in [3.8, 4) is 0 Å². The average Bonchev–Trinajstić information content (AvgIpc) is 3.30. The number of carbonyl (C=O) groups is 1. The second-order valence-electron chi connectivity index (χ2n) is 6.76. The Balaban J connectivity index is 1.34. The van der Waals surface area contributed by atoms with Gasteiger partial charge < -0.3 is 19.5 Å². The zero-order chi connectivity index (χ0) is 19.2. The van der Waals surface area contributed by atoms with E-state index in [0.29, 0.717) is 19.6 Å². The number of anilines is 1. The van der Waals surface area contributed by atoms with E-state index in [1.165, 1.54) is 0 Å². The van der Waals surface area contributed by atoms with Gasteiger partial charge in [-0.2, -0.15) is 0 Å². The second-order valence-corrected chi connectivity index (χ2v) is 6.76. The van der Waals surface area contributed by atoms with Gasteiger partial charge in [0.05, 0.1) is 6.26 Å². The Morgan fingerprint density at radius 1 is 1.00 bits per heavy atom. The first-order valence-electron chi connectivity index (χ1n) is 9.52. The number of furan rings is 1. The van der Waals surface area contributed by atoms with E-state index in [1.54, 1.807) is 24.7 Å². The molecule has 0 aliphatic carbocycles. The topological polar surface area (TPSA) is 79.1 Å². The fourth-order valence-electron chi connectivity index (χ4n) is 3.50. The molecular formula is C21H24N5O2+. The molecule has 28 heavy (non-hydrogen) atoms. The Morgan fingerprint density at radius 2 is 1.75 bits per heavy atom. The van der Waals surface area contributed by atoms with E-state index < -0.39 is 0 Å². The van der Waals surface area contributed by atoms with Crippen molar-refractivity contribution in [2.45, 2.75) is 6.04 Å². The molecule has 2 aromatic heterocycles. The van der Waals surface area contributed by atoms with Gasteiger partial charge >= 0.3 is 0 Å². The van der Waals surface area contributed by atoms with E-state index >= 15 is 0 Å². The van der Waals surface area contributed by atoms with Crippen LogP contribution in [0.3, 0.4) is 0 Å². The zero-order valence-corrected chi connectivity index (χ0v) is 15.6. The van der Waals surface area contributed by atoms with Crippen LogP contribution in [0.15, 0.2) is 71.6 Å². The molecule has 144 valence electrons. The van der Waals surface area contributed by atoms with Gasteiger partial charge in [0, 0.05) is 44.1 Å². The summed E-state index contributed by atoms with van der Waals surface area (Å²) in [6.45, 7) is 3.23. The molecule has 1 aliphatic heterocycles. The molecule has 3 heterocycles. The molecule has 0 radical (unpaired) electrons. The lowest BCUT2D eigenvalue weighted by Crippen LogP contribution is -2.88. The summed E-state index contributed by atoms with van der Waals surface area (Å²) in [5.41, 5.74) is 1.12. The van der Waals surface area contributed by atoms with Crippen molar-refractivity contribution in [3.63, 3.8) is 0 Å². The van der Waals surface area contributed by atoms with Crippen LogP contribution >= 0.6 is 0 Å². The van der Waals surface area contributed by atoms with E-state index in [-0.39, 0.29) is 11.9 Å². The van der Waals surface area contributed by atoms with Gasteiger partial charge in [-0.15, -0.1) is 0 Å². The molecule has 3 aromatic rings. The lowest BCUT2D eigenvalue weighted by atomic mass is 10.0. The maximum atomic E-state index is 12.8. The van der Waals surface area contributed by atoms with Gasteiger partial charge in [0.25, 0.3) is 5.91 Å². The summed E-state index contributed by atoms with van der Waals surface area (Å²) in [6.07, 6.45) is 5.16. The van der Waals surface area contributed by atoms with Crippen LogP contribution < -0.4 is 10.2 Å². The minimum atomic E-state index is -0.0286. The first-order chi connectivity index (χ1) is 13.8. The zero-order valence-electron chi connectivity index (χ0n) is 15.6. The highest BCUT2D eigenvalue weighted by molar-refractivity contribution is 5.77. The molecule has 0 bridgehead atoms. The monoisotopic (exact) mass is 378 g/mol. The van der Waals surface area contributed by atoms with Gasteiger partial charge in [0.15, 0.2) is 18.3 Å². The number of nitrogens with two attached hydrogens (primary N) is 1. The smallest absolute Gasteiger partial charge is 0.277 e. The number of aromatic nitrogens is 2. The predicted octanol–water partition coefficient (Wildman–Crippen LogP) is 1.07. The van der Waals surface area contributed by atoms with Gasteiger partial charge in [0.2, 0.25) is 5.95 Å². The summed E-state index contributed by atoms with van der Waals surface area (Å²) in [6, 6.07) is 15.7. The number of carbonyl (C=O) groups excluding carboxylic acids is 1. The summed E-state index contributed by atoms with van der Waals surface area (Å²) in [4.78, 5) is 25.4. The van der Waals surface area contributed by atoms with Gasteiger partial charge in [-0.05, 0) is 18.2 Å². The molecule has 1 amide bonds. The minimum absolute atomic E-state index is 0.0286. The minimum Gasteiger partial charge on any atom is -0.463 e. The Hall–Kier alpha value is -3.19. The van der Waals surface area contributed by atoms with E-state index in [2.05, 4.69) is 27.0 Å². The molecule has 1 aromatic carbocycles. The summed E-state index contributed by atoms with van der Waals surface area (Å²) in [5.74, 6) is 1.72. The normalized spacial score (nSPS) is 15.4. The van der Waals surface area contributed by atoms with Crippen LogP contribution in [-0.2, 0) is 4.79 Å². The lowest BCUT2D eigenvalue weighted by molar-refractivity contribution is -0.679. The number of quaternary nitrogens is 1. The van der Waals surface area contributed by atoms with E-state index in [4.69, 9.17) is 4.42 Å². The standard InChI is InChI=1S/C21H23N5O2/c27-19(25-11-13-26(14-12-25)21-22-9-5-10-23-21)16-24-20(18-8-4-15-28-18)17-6-2-1-3-7-17/h1-10,15,20,24H,11-14,16H2/p+1/t20-/m1/s1. The summed E-state index contributed by atoms with van der Waals surface area (Å²) in [7, 11) is 0. The van der Waals surface area contributed by atoms with Crippen molar-refractivity contribution in [1.82, 2.24) is 14.9 Å². The van der Waals surface area contributed by atoms with Crippen LogP contribution in [-0.4, -0.2) is 53.5 Å². The maximum Gasteiger partial charge on any atom is 0.277 e. The van der Waals surface area contributed by atoms with Crippen LogP contribution in [0.4, 0.5) is 5.95 Å². The Kier molecular flexibility index (Phi) is 5.63. The van der Waals surface area contributed by atoms with Crippen molar-refractivity contribution in [2.75, 3.05) is 37.6 Å². The molecule has 1 aliphatic rings. The number of hydrogen-bond donors (Lipinski definition) is 1. The lowest BCUT2D eigenvalue weighted by Gasteiger charge is -2.34. The summed E-state index contributed by atoms with van der Waals surface area (Å²) >= 11 is 0. The molecule has 0 unspecified atom stereocenters. The molecule has 7 nitrogen and oxygen atoms in total. The molecule has 0 spiro atoms. The van der Waals surface area contributed by atoms with Crippen LogP contribution in [0.5, 0.6) is 0 Å². The van der Waals surface area contributed by atoms with Crippen LogP contribution in [0.2, 0.25) is 0 Å². The van der Waals surface area contributed by atoms with Crippen molar-refractivity contribution >= 4 is 11.9 Å². The molecular weight excluding hydrogens is 354 g/mol. The number of hydrogen-bond acceptors (Lipinski definition) is 5. The van der Waals surface area contributed by atoms with Crippen molar-refractivity contribution < 1.29 is 14.5 Å². The third-order valence-electron chi connectivity index (χ3n) is 5.00. The van der Waals surface area contributed by atoms with Gasteiger partial charge in [-0.1, -0.05) is 30.3 Å². The first kappa shape index (κ1) is 18.2. The summed E-state index contributed by atoms with van der Waals surface area (Å²) in [5, 5.41) is 2.04. The number of rotatable bonds is 6. The third-order valence-corrected chi connectivity index (χ3v) is 5.00. The van der Waals surface area contributed by atoms with Gasteiger partial charge in [-0.25, -0.2) is 9.97 Å². The van der Waals surface area contributed by atoms with Crippen molar-refractivity contribution in [1.29, 1.82) is 0 Å². The van der Waals surface area contributed by atoms with Gasteiger partial charge in [0.1, 0.15) is 0 Å². The van der Waals surface area contributed by atoms with Crippen molar-refractivity contribution in [2.24, 2.45) is 0 Å². The molecule has 1 saturated heterocycles. The molecule has 1 atom stereocenters. The predicted molar refractivity (Wildman–Crippen MR) is 105 cm³/mol. The maximum absolute atomic E-state index is 12.8. The largest absolute Gasteiger partial charge is 0.463 e. The highest BCUT2D eigenvalue weighted by Gasteiger charge is 2.26. The quantitative estimate of drug-likeness (QED) is 0.694. The molecule has 4 rings (SSSR count). The number of piperazine rings is 1. The molecule has 7 heteroatoms. The highest BCUT2D eigenvalue weighted by atomic mass is 16.3. The van der Waals surface area contributed by atoms with E-state index in [1.807, 2.05) is 40.5 Å². The fourth-order valence-corrected chi connectivity index (χ4v) is 3.50. The number of benzene rings is 1. The van der Waals surface area contributed by atoms with E-state index in [9.17, 15) is 4.79 Å².